The number of nitrogen functional groups attached to an aromatic ring is 1. The molecule has 1 fully saturated rings. The van der Waals surface area contributed by atoms with Gasteiger partial charge in [0.2, 0.25) is 5.91 Å². The van der Waals surface area contributed by atoms with E-state index in [4.69, 9.17) is 10.8 Å². The monoisotopic (exact) mass is 262 g/mol. The molecule has 1 aliphatic rings. The van der Waals surface area contributed by atoms with Gasteiger partial charge in [-0.05, 0) is 37.0 Å². The van der Waals surface area contributed by atoms with Crippen molar-refractivity contribution in [3.05, 3.63) is 29.8 Å². The standard InChI is InChI=1S/C14H18N2O3/c15-11-6-4-10(5-7-11)9-13(17)16-8-2-1-3-12(16)14(18)19/h4-7,12H,1-3,8-9,15H2,(H,18,19). The molecule has 3 N–H and O–H groups in total. The molecule has 1 heterocycles. The first-order valence-electron chi connectivity index (χ1n) is 6.44. The average Bonchev–Trinajstić information content (AvgIpc) is 2.41. The molecule has 2 rings (SSSR count). The summed E-state index contributed by atoms with van der Waals surface area (Å²) in [6.07, 6.45) is 2.51. The first kappa shape index (κ1) is 13.4. The van der Waals surface area contributed by atoms with Crippen LogP contribution in [0.1, 0.15) is 24.8 Å². The Balaban J connectivity index is 2.05. The molecule has 19 heavy (non-hydrogen) atoms. The van der Waals surface area contributed by atoms with E-state index in [2.05, 4.69) is 0 Å². The minimum absolute atomic E-state index is 0.128. The van der Waals surface area contributed by atoms with Crippen molar-refractivity contribution in [1.29, 1.82) is 0 Å². The van der Waals surface area contributed by atoms with Gasteiger partial charge in [-0.1, -0.05) is 12.1 Å². The predicted molar refractivity (Wildman–Crippen MR) is 71.5 cm³/mol. The molecule has 1 aliphatic heterocycles. The van der Waals surface area contributed by atoms with Crippen molar-refractivity contribution in [3.63, 3.8) is 0 Å². The van der Waals surface area contributed by atoms with Crippen LogP contribution in [0, 0.1) is 0 Å². The maximum absolute atomic E-state index is 12.2. The van der Waals surface area contributed by atoms with E-state index in [-0.39, 0.29) is 12.3 Å². The predicted octanol–water partition coefficient (Wildman–Crippen LogP) is 1.28. The Morgan fingerprint density at radius 3 is 2.58 bits per heavy atom. The second-order valence-corrected chi connectivity index (χ2v) is 4.86. The van der Waals surface area contributed by atoms with Crippen molar-refractivity contribution >= 4 is 17.6 Å². The Morgan fingerprint density at radius 1 is 1.26 bits per heavy atom. The van der Waals surface area contributed by atoms with E-state index in [9.17, 15) is 9.59 Å². The van der Waals surface area contributed by atoms with Gasteiger partial charge in [-0.2, -0.15) is 0 Å². The number of benzene rings is 1. The molecular weight excluding hydrogens is 244 g/mol. The fourth-order valence-corrected chi connectivity index (χ4v) is 2.40. The number of carboxylic acid groups (broad SMARTS) is 1. The Hall–Kier alpha value is -2.04. The number of anilines is 1. The summed E-state index contributed by atoms with van der Waals surface area (Å²) < 4.78 is 0. The second kappa shape index (κ2) is 5.73. The highest BCUT2D eigenvalue weighted by Gasteiger charge is 2.31. The number of nitrogens with two attached hydrogens (primary N) is 1. The van der Waals surface area contributed by atoms with Gasteiger partial charge in [0.25, 0.3) is 0 Å². The van der Waals surface area contributed by atoms with Crippen LogP contribution in [-0.2, 0) is 16.0 Å². The lowest BCUT2D eigenvalue weighted by atomic mass is 10.0. The van der Waals surface area contributed by atoms with Crippen LogP contribution >= 0.6 is 0 Å². The Morgan fingerprint density at radius 2 is 1.95 bits per heavy atom. The van der Waals surface area contributed by atoms with Gasteiger partial charge in [-0.25, -0.2) is 4.79 Å². The summed E-state index contributed by atoms with van der Waals surface area (Å²) in [4.78, 5) is 24.8. The second-order valence-electron chi connectivity index (χ2n) is 4.86. The van der Waals surface area contributed by atoms with Crippen LogP contribution in [0.5, 0.6) is 0 Å². The number of hydrogen-bond acceptors (Lipinski definition) is 3. The topological polar surface area (TPSA) is 83.6 Å². The first-order chi connectivity index (χ1) is 9.08. The molecule has 0 aliphatic carbocycles. The van der Waals surface area contributed by atoms with E-state index in [0.29, 0.717) is 18.7 Å². The zero-order valence-corrected chi connectivity index (χ0v) is 10.7. The van der Waals surface area contributed by atoms with Gasteiger partial charge in [-0.15, -0.1) is 0 Å². The van der Waals surface area contributed by atoms with Crippen molar-refractivity contribution in [2.45, 2.75) is 31.7 Å². The number of piperidine rings is 1. The van der Waals surface area contributed by atoms with Crippen LogP contribution in [0.25, 0.3) is 0 Å². The Labute approximate surface area is 112 Å². The fourth-order valence-electron chi connectivity index (χ4n) is 2.40. The van der Waals surface area contributed by atoms with E-state index in [1.54, 1.807) is 24.3 Å². The van der Waals surface area contributed by atoms with Gasteiger partial charge in [0, 0.05) is 12.2 Å². The molecule has 5 heteroatoms. The van der Waals surface area contributed by atoms with Gasteiger partial charge in [0.1, 0.15) is 6.04 Å². The molecule has 1 aromatic carbocycles. The molecule has 1 atom stereocenters. The molecule has 1 aromatic rings. The number of nitrogens with zero attached hydrogens (tertiary/aromatic N) is 1. The summed E-state index contributed by atoms with van der Waals surface area (Å²) in [5, 5.41) is 9.15. The fraction of sp³-hybridized carbons (Fsp3) is 0.429. The maximum Gasteiger partial charge on any atom is 0.326 e. The summed E-state index contributed by atoms with van der Waals surface area (Å²) in [6.45, 7) is 0.533. The zero-order chi connectivity index (χ0) is 13.8. The van der Waals surface area contributed by atoms with Crippen LogP contribution in [0.4, 0.5) is 5.69 Å². The zero-order valence-electron chi connectivity index (χ0n) is 10.7. The highest BCUT2D eigenvalue weighted by Crippen LogP contribution is 2.19. The minimum Gasteiger partial charge on any atom is -0.480 e. The molecule has 0 radical (unpaired) electrons. The number of rotatable bonds is 3. The lowest BCUT2D eigenvalue weighted by molar-refractivity contribution is -0.151. The van der Waals surface area contributed by atoms with Crippen LogP contribution in [0.15, 0.2) is 24.3 Å². The van der Waals surface area contributed by atoms with E-state index in [0.717, 1.165) is 18.4 Å². The number of amides is 1. The number of carbonyl (C=O) groups excluding carboxylic acids is 1. The van der Waals surface area contributed by atoms with Crippen LogP contribution in [0.3, 0.4) is 0 Å². The summed E-state index contributed by atoms with van der Waals surface area (Å²) in [6, 6.07) is 6.41. The number of aliphatic carboxylic acids is 1. The largest absolute Gasteiger partial charge is 0.480 e. The molecule has 1 amide bonds. The highest BCUT2D eigenvalue weighted by molar-refractivity contribution is 5.85. The Bertz CT molecular complexity index is 470. The van der Waals surface area contributed by atoms with E-state index >= 15 is 0 Å². The van der Waals surface area contributed by atoms with E-state index in [1.165, 1.54) is 4.90 Å². The maximum atomic E-state index is 12.2. The van der Waals surface area contributed by atoms with Crippen molar-refractivity contribution in [2.75, 3.05) is 12.3 Å². The molecule has 0 saturated carbocycles. The first-order valence-corrected chi connectivity index (χ1v) is 6.44. The third kappa shape index (κ3) is 3.24. The molecule has 5 nitrogen and oxygen atoms in total. The number of carboxylic acids is 1. The van der Waals surface area contributed by atoms with Crippen LogP contribution in [-0.4, -0.2) is 34.5 Å². The normalized spacial score (nSPS) is 19.2. The third-order valence-electron chi connectivity index (χ3n) is 3.44. The van der Waals surface area contributed by atoms with Gasteiger partial charge in [-0.3, -0.25) is 4.79 Å². The lowest BCUT2D eigenvalue weighted by Crippen LogP contribution is -2.48. The highest BCUT2D eigenvalue weighted by atomic mass is 16.4. The van der Waals surface area contributed by atoms with Crippen molar-refractivity contribution in [1.82, 2.24) is 4.90 Å². The molecule has 1 saturated heterocycles. The van der Waals surface area contributed by atoms with E-state index < -0.39 is 12.0 Å². The summed E-state index contributed by atoms with van der Waals surface area (Å²) in [5.74, 6) is -1.04. The summed E-state index contributed by atoms with van der Waals surface area (Å²) >= 11 is 0. The van der Waals surface area contributed by atoms with Crippen molar-refractivity contribution in [3.8, 4) is 0 Å². The SMILES string of the molecule is Nc1ccc(CC(=O)N2CCCCC2C(=O)O)cc1. The molecule has 0 spiro atoms. The Kier molecular flexibility index (Phi) is 4.04. The molecular formula is C14H18N2O3. The van der Waals surface area contributed by atoms with Crippen LogP contribution < -0.4 is 5.73 Å². The lowest BCUT2D eigenvalue weighted by Gasteiger charge is -2.33. The average molecular weight is 262 g/mol. The van der Waals surface area contributed by atoms with Crippen molar-refractivity contribution in [2.24, 2.45) is 0 Å². The van der Waals surface area contributed by atoms with Gasteiger partial charge >= 0.3 is 5.97 Å². The third-order valence-corrected chi connectivity index (χ3v) is 3.44. The summed E-state index contributed by atoms with van der Waals surface area (Å²) in [5.41, 5.74) is 7.10. The molecule has 102 valence electrons. The number of likely N-dealkylation sites (tertiary alicyclic amines) is 1. The van der Waals surface area contributed by atoms with Gasteiger partial charge < -0.3 is 15.7 Å². The molecule has 0 bridgehead atoms. The summed E-state index contributed by atoms with van der Waals surface area (Å²) in [7, 11) is 0. The smallest absolute Gasteiger partial charge is 0.326 e. The van der Waals surface area contributed by atoms with E-state index in [1.807, 2.05) is 0 Å². The molecule has 1 unspecified atom stereocenters. The molecule has 0 aromatic heterocycles. The number of carbonyl (C=O) groups is 2. The van der Waals surface area contributed by atoms with Gasteiger partial charge in [0.15, 0.2) is 0 Å². The van der Waals surface area contributed by atoms with Crippen molar-refractivity contribution < 1.29 is 14.7 Å². The quantitative estimate of drug-likeness (QED) is 0.804. The number of hydrogen-bond donors (Lipinski definition) is 2. The van der Waals surface area contributed by atoms with Gasteiger partial charge in [0.05, 0.1) is 6.42 Å². The minimum atomic E-state index is -0.912. The van der Waals surface area contributed by atoms with Crippen LogP contribution in [0.2, 0.25) is 0 Å².